The number of anilines is 1. The molecular weight excluding hydrogens is 454 g/mol. The first kappa shape index (κ1) is 25.8. The zero-order valence-corrected chi connectivity index (χ0v) is 21.1. The number of carbonyl (C=O) groups excluding carboxylic acids is 2. The van der Waals surface area contributed by atoms with Crippen molar-refractivity contribution >= 4 is 29.2 Å². The second kappa shape index (κ2) is 10.2. The number of aliphatic hydroxyl groups is 1. The van der Waals surface area contributed by atoms with Crippen molar-refractivity contribution in [3.05, 3.63) is 59.1 Å². The Kier molecular flexibility index (Phi) is 7.78. The van der Waals surface area contributed by atoms with Crippen molar-refractivity contribution in [1.29, 1.82) is 0 Å². The predicted molar refractivity (Wildman–Crippen MR) is 134 cm³/mol. The van der Waals surface area contributed by atoms with Crippen LogP contribution in [0.25, 0.3) is 0 Å². The molecule has 0 bridgehead atoms. The first-order valence-corrected chi connectivity index (χ1v) is 11.8. The Labute approximate surface area is 206 Å². The monoisotopic (exact) mass is 487 g/mol. The Balaban J connectivity index is 1.69. The van der Waals surface area contributed by atoms with Crippen LogP contribution in [-0.2, 0) is 10.4 Å². The van der Waals surface area contributed by atoms with Gasteiger partial charge >= 0.3 is 6.03 Å². The van der Waals surface area contributed by atoms with Crippen LogP contribution in [0, 0.1) is 11.3 Å². The molecule has 3 N–H and O–H groups in total. The fourth-order valence-corrected chi connectivity index (χ4v) is 4.59. The van der Waals surface area contributed by atoms with Gasteiger partial charge in [0.2, 0.25) is 5.91 Å². The zero-order chi connectivity index (χ0) is 25.1. The smallest absolute Gasteiger partial charge is 0.319 e. The maximum atomic E-state index is 13.5. The number of nitrogens with zero attached hydrogens (tertiary/aromatic N) is 1. The summed E-state index contributed by atoms with van der Waals surface area (Å²) in [6, 6.07) is 13.0. The highest BCUT2D eigenvalue weighted by Gasteiger charge is 2.50. The number of nitrogens with one attached hydrogen (secondary N) is 2. The van der Waals surface area contributed by atoms with Gasteiger partial charge in [-0.25, -0.2) is 4.79 Å². The minimum atomic E-state index is -1.10. The van der Waals surface area contributed by atoms with Crippen LogP contribution in [0.2, 0.25) is 5.02 Å². The first-order valence-electron chi connectivity index (χ1n) is 11.5. The molecule has 184 valence electrons. The Morgan fingerprint density at radius 1 is 1.09 bits per heavy atom. The van der Waals surface area contributed by atoms with Crippen molar-refractivity contribution in [2.45, 2.75) is 45.8 Å². The minimum absolute atomic E-state index is 0.116. The van der Waals surface area contributed by atoms with E-state index >= 15 is 0 Å². The molecule has 1 aliphatic heterocycles. The van der Waals surface area contributed by atoms with Crippen LogP contribution in [0.5, 0.6) is 5.75 Å². The van der Waals surface area contributed by atoms with Gasteiger partial charge in [-0.2, -0.15) is 0 Å². The number of methoxy groups -OCH3 is 1. The van der Waals surface area contributed by atoms with E-state index in [0.717, 1.165) is 5.56 Å². The van der Waals surface area contributed by atoms with Crippen LogP contribution in [0.15, 0.2) is 48.5 Å². The molecule has 8 heteroatoms. The molecule has 1 aliphatic rings. The third kappa shape index (κ3) is 5.47. The third-order valence-electron chi connectivity index (χ3n) is 6.65. The van der Waals surface area contributed by atoms with Crippen molar-refractivity contribution in [3.8, 4) is 5.75 Å². The van der Waals surface area contributed by atoms with Crippen molar-refractivity contribution in [2.24, 2.45) is 11.3 Å². The molecule has 7 nitrogen and oxygen atoms in total. The number of likely N-dealkylation sites (tertiary alicyclic amines) is 1. The highest BCUT2D eigenvalue weighted by Crippen LogP contribution is 2.46. The van der Waals surface area contributed by atoms with Crippen LogP contribution in [0.4, 0.5) is 10.5 Å². The van der Waals surface area contributed by atoms with E-state index in [1.54, 1.807) is 48.4 Å². The van der Waals surface area contributed by atoms with Gasteiger partial charge in [0.25, 0.3) is 0 Å². The molecule has 1 saturated heterocycles. The van der Waals surface area contributed by atoms with Gasteiger partial charge in [-0.1, -0.05) is 51.4 Å². The Morgan fingerprint density at radius 3 is 2.24 bits per heavy atom. The molecule has 0 spiro atoms. The second-order valence-electron chi connectivity index (χ2n) is 9.81. The summed E-state index contributed by atoms with van der Waals surface area (Å²) in [4.78, 5) is 27.8. The summed E-state index contributed by atoms with van der Waals surface area (Å²) in [5.74, 6) is 0.410. The van der Waals surface area contributed by atoms with E-state index in [1.807, 2.05) is 39.8 Å². The van der Waals surface area contributed by atoms with Gasteiger partial charge in [-0.05, 0) is 54.3 Å². The average Bonchev–Trinajstić information content (AvgIpc) is 2.79. The molecule has 0 saturated carbocycles. The average molecular weight is 488 g/mol. The second-order valence-corrected chi connectivity index (χ2v) is 10.2. The number of amides is 3. The lowest BCUT2D eigenvalue weighted by atomic mass is 9.66. The van der Waals surface area contributed by atoms with Gasteiger partial charge in [0.1, 0.15) is 11.8 Å². The van der Waals surface area contributed by atoms with E-state index in [1.165, 1.54) is 0 Å². The fourth-order valence-electron chi connectivity index (χ4n) is 4.46. The maximum Gasteiger partial charge on any atom is 0.319 e. The van der Waals surface area contributed by atoms with Gasteiger partial charge in [0.15, 0.2) is 0 Å². The SMILES string of the molecule is COc1ccc(NC(=O)N[C@@H](C(=O)N2CCC(O)(c3ccc(Cl)cc3)C(C)(C)C2)C(C)C)cc1. The summed E-state index contributed by atoms with van der Waals surface area (Å²) < 4.78 is 5.13. The molecule has 1 unspecified atom stereocenters. The number of halogens is 1. The van der Waals surface area contributed by atoms with Crippen LogP contribution in [0.3, 0.4) is 0 Å². The number of ether oxygens (including phenoxy) is 1. The Bertz CT molecular complexity index is 1010. The minimum Gasteiger partial charge on any atom is -0.497 e. The molecule has 1 fully saturated rings. The lowest BCUT2D eigenvalue weighted by Gasteiger charge is -2.51. The van der Waals surface area contributed by atoms with E-state index < -0.39 is 23.1 Å². The first-order chi connectivity index (χ1) is 16.0. The summed E-state index contributed by atoms with van der Waals surface area (Å²) in [5, 5.41) is 17.8. The quantitative estimate of drug-likeness (QED) is 0.553. The summed E-state index contributed by atoms with van der Waals surface area (Å²) in [6.07, 6.45) is 0.385. The molecule has 3 amide bonds. The van der Waals surface area contributed by atoms with Gasteiger partial charge < -0.3 is 25.4 Å². The molecule has 2 aromatic carbocycles. The number of hydrogen-bond donors (Lipinski definition) is 3. The van der Waals surface area contributed by atoms with Crippen LogP contribution >= 0.6 is 11.6 Å². The fraction of sp³-hybridized carbons (Fsp3) is 0.462. The molecule has 0 radical (unpaired) electrons. The molecule has 0 aliphatic carbocycles. The largest absolute Gasteiger partial charge is 0.497 e. The zero-order valence-electron chi connectivity index (χ0n) is 20.4. The molecule has 2 atom stereocenters. The maximum absolute atomic E-state index is 13.5. The van der Waals surface area contributed by atoms with E-state index in [9.17, 15) is 14.7 Å². The Morgan fingerprint density at radius 2 is 1.71 bits per heavy atom. The molecule has 0 aromatic heterocycles. The van der Waals surface area contributed by atoms with Crippen molar-refractivity contribution in [3.63, 3.8) is 0 Å². The van der Waals surface area contributed by atoms with Gasteiger partial charge in [-0.15, -0.1) is 0 Å². The van der Waals surface area contributed by atoms with Crippen molar-refractivity contribution in [1.82, 2.24) is 10.2 Å². The van der Waals surface area contributed by atoms with Crippen molar-refractivity contribution < 1.29 is 19.4 Å². The van der Waals surface area contributed by atoms with Gasteiger partial charge in [0, 0.05) is 29.2 Å². The van der Waals surface area contributed by atoms with Gasteiger partial charge in [-0.3, -0.25) is 4.79 Å². The third-order valence-corrected chi connectivity index (χ3v) is 6.90. The van der Waals surface area contributed by atoms with E-state index in [-0.39, 0.29) is 11.8 Å². The lowest BCUT2D eigenvalue weighted by Crippen LogP contribution is -2.60. The summed E-state index contributed by atoms with van der Waals surface area (Å²) in [5.41, 5.74) is -0.325. The highest BCUT2D eigenvalue weighted by molar-refractivity contribution is 6.30. The molecular formula is C26H34ClN3O4. The summed E-state index contributed by atoms with van der Waals surface area (Å²) >= 11 is 6.02. The topological polar surface area (TPSA) is 90.9 Å². The van der Waals surface area contributed by atoms with E-state index in [0.29, 0.717) is 36.0 Å². The summed E-state index contributed by atoms with van der Waals surface area (Å²) in [6.45, 7) is 8.44. The Hall–Kier alpha value is -2.77. The van der Waals surface area contributed by atoms with Gasteiger partial charge in [0.05, 0.1) is 12.7 Å². The summed E-state index contributed by atoms with van der Waals surface area (Å²) in [7, 11) is 1.58. The highest BCUT2D eigenvalue weighted by atomic mass is 35.5. The van der Waals surface area contributed by atoms with E-state index in [2.05, 4.69) is 10.6 Å². The van der Waals surface area contributed by atoms with Crippen LogP contribution in [0.1, 0.15) is 39.7 Å². The van der Waals surface area contributed by atoms with Crippen LogP contribution < -0.4 is 15.4 Å². The normalized spacial score (nSPS) is 20.5. The number of benzene rings is 2. The molecule has 2 aromatic rings. The number of hydrogen-bond acceptors (Lipinski definition) is 4. The standard InChI is InChI=1S/C26H34ClN3O4/c1-17(2)22(29-24(32)28-20-10-12-21(34-5)13-11-20)23(31)30-15-14-26(33,25(3,4)16-30)18-6-8-19(27)9-7-18/h6-13,17,22,33H,14-16H2,1-5H3,(H2,28,29,32)/t22-,26?/m1/s1. The molecule has 3 rings (SSSR count). The van der Waals surface area contributed by atoms with Crippen molar-refractivity contribution in [2.75, 3.05) is 25.5 Å². The predicted octanol–water partition coefficient (Wildman–Crippen LogP) is 4.64. The number of urea groups is 1. The lowest BCUT2D eigenvalue weighted by molar-refractivity contribution is -0.155. The van der Waals surface area contributed by atoms with E-state index in [4.69, 9.17) is 16.3 Å². The molecule has 34 heavy (non-hydrogen) atoms. The number of piperidine rings is 1. The molecule has 1 heterocycles. The van der Waals surface area contributed by atoms with Crippen LogP contribution in [-0.4, -0.2) is 48.2 Å². The number of rotatable bonds is 6. The number of carbonyl (C=O) groups is 2.